The lowest BCUT2D eigenvalue weighted by molar-refractivity contribution is -0.136. The van der Waals surface area contributed by atoms with Gasteiger partial charge in [-0.1, -0.05) is 36.2 Å². The van der Waals surface area contributed by atoms with Crippen LogP contribution in [0.4, 0.5) is 5.69 Å². The molecule has 2 N–H and O–H groups in total. The average Bonchev–Trinajstić information content (AvgIpc) is 2.89. The molecule has 0 aliphatic heterocycles. The number of nitrogens with zero attached hydrogens (tertiary/aromatic N) is 1. The topological polar surface area (TPSA) is 98.2 Å². The minimum Gasteiger partial charge on any atom is -0.494 e. The van der Waals surface area contributed by atoms with E-state index in [1.165, 1.54) is 6.21 Å². The molecule has 0 aliphatic carbocycles. The Kier molecular flexibility index (Phi) is 10.6. The molecule has 194 valence electrons. The summed E-state index contributed by atoms with van der Waals surface area (Å²) >= 11 is 12.4. The van der Waals surface area contributed by atoms with Crippen LogP contribution in [0.1, 0.15) is 31.4 Å². The molecule has 0 atom stereocenters. The second-order valence-corrected chi connectivity index (χ2v) is 8.47. The Labute approximate surface area is 225 Å². The summed E-state index contributed by atoms with van der Waals surface area (Å²) in [6.07, 6.45) is 2.28. The van der Waals surface area contributed by atoms with Crippen LogP contribution >= 0.6 is 23.2 Å². The molecule has 0 unspecified atom stereocenters. The number of carbonyl (C=O) groups is 2. The van der Waals surface area contributed by atoms with Crippen molar-refractivity contribution in [3.63, 3.8) is 0 Å². The Morgan fingerprint density at radius 1 is 0.892 bits per heavy atom. The first-order chi connectivity index (χ1) is 17.9. The molecule has 0 saturated heterocycles. The van der Waals surface area contributed by atoms with Gasteiger partial charge >= 0.3 is 11.8 Å². The van der Waals surface area contributed by atoms with Gasteiger partial charge in [-0.2, -0.15) is 5.10 Å². The molecule has 8 nitrogen and oxygen atoms in total. The molecule has 3 aromatic rings. The smallest absolute Gasteiger partial charge is 0.329 e. The van der Waals surface area contributed by atoms with E-state index in [1.807, 2.05) is 13.8 Å². The number of hydrogen-bond acceptors (Lipinski definition) is 6. The van der Waals surface area contributed by atoms with Crippen molar-refractivity contribution in [3.05, 3.63) is 81.8 Å². The van der Waals surface area contributed by atoms with E-state index in [1.54, 1.807) is 60.7 Å². The SMILES string of the molecule is CCCOc1ccc(NC(=O)C(=O)N/N=C\c2ccc(OCc3c(Cl)cccc3Cl)c(OCC)c2)cc1. The summed E-state index contributed by atoms with van der Waals surface area (Å²) in [5.74, 6) is -0.112. The predicted octanol–water partition coefficient (Wildman–Crippen LogP) is 5.85. The molecule has 0 bridgehead atoms. The fourth-order valence-corrected chi connectivity index (χ4v) is 3.58. The van der Waals surface area contributed by atoms with E-state index in [0.29, 0.717) is 57.3 Å². The van der Waals surface area contributed by atoms with E-state index in [2.05, 4.69) is 15.8 Å². The van der Waals surface area contributed by atoms with Crippen molar-refractivity contribution in [2.24, 2.45) is 5.10 Å². The van der Waals surface area contributed by atoms with E-state index < -0.39 is 11.8 Å². The highest BCUT2D eigenvalue weighted by Crippen LogP contribution is 2.31. The number of nitrogens with one attached hydrogen (secondary N) is 2. The highest BCUT2D eigenvalue weighted by Gasteiger charge is 2.13. The van der Waals surface area contributed by atoms with E-state index >= 15 is 0 Å². The van der Waals surface area contributed by atoms with E-state index in [9.17, 15) is 9.59 Å². The fourth-order valence-electron chi connectivity index (χ4n) is 3.07. The first-order valence-electron chi connectivity index (χ1n) is 11.6. The van der Waals surface area contributed by atoms with Crippen molar-refractivity contribution < 1.29 is 23.8 Å². The standard InChI is InChI=1S/C27H27Cl2N3O5/c1-3-14-36-20-11-9-19(10-12-20)31-26(33)27(34)32-30-16-18-8-13-24(25(15-18)35-4-2)37-17-21-22(28)6-5-7-23(21)29/h5-13,15-16H,3-4,14,17H2,1-2H3,(H,31,33)(H,32,34)/b30-16-. The van der Waals surface area contributed by atoms with E-state index in [0.717, 1.165) is 6.42 Å². The summed E-state index contributed by atoms with van der Waals surface area (Å²) in [7, 11) is 0. The van der Waals surface area contributed by atoms with Crippen LogP contribution in [0.25, 0.3) is 0 Å². The summed E-state index contributed by atoms with van der Waals surface area (Å²) in [6, 6.07) is 17.1. The number of ether oxygens (including phenoxy) is 3. The number of carbonyl (C=O) groups excluding carboxylic acids is 2. The zero-order chi connectivity index (χ0) is 26.6. The van der Waals surface area contributed by atoms with Crippen LogP contribution in [0.3, 0.4) is 0 Å². The largest absolute Gasteiger partial charge is 0.494 e. The Bertz CT molecular complexity index is 1230. The fraction of sp³-hybridized carbons (Fsp3) is 0.222. The van der Waals surface area contributed by atoms with Crippen molar-refractivity contribution in [2.75, 3.05) is 18.5 Å². The van der Waals surface area contributed by atoms with Gasteiger partial charge in [0.2, 0.25) is 0 Å². The molecular formula is C27H27Cl2N3O5. The third-order valence-corrected chi connectivity index (χ3v) is 5.58. The van der Waals surface area contributed by atoms with Crippen molar-refractivity contribution >= 4 is 46.9 Å². The lowest BCUT2D eigenvalue weighted by Crippen LogP contribution is -2.32. The van der Waals surface area contributed by atoms with Crippen LogP contribution in [0.15, 0.2) is 65.8 Å². The summed E-state index contributed by atoms with van der Waals surface area (Å²) in [4.78, 5) is 24.3. The van der Waals surface area contributed by atoms with E-state index in [4.69, 9.17) is 37.4 Å². The first kappa shape index (κ1) is 27.8. The maximum absolute atomic E-state index is 12.1. The van der Waals surface area contributed by atoms with Gasteiger partial charge in [0.15, 0.2) is 11.5 Å². The van der Waals surface area contributed by atoms with Crippen LogP contribution in [0.2, 0.25) is 10.0 Å². The van der Waals surface area contributed by atoms with Gasteiger partial charge in [-0.15, -0.1) is 0 Å². The molecule has 0 saturated carbocycles. The van der Waals surface area contributed by atoms with Crippen molar-refractivity contribution in [1.82, 2.24) is 5.43 Å². The van der Waals surface area contributed by atoms with Crippen LogP contribution in [0, 0.1) is 0 Å². The molecule has 37 heavy (non-hydrogen) atoms. The van der Waals surface area contributed by atoms with Gasteiger partial charge < -0.3 is 19.5 Å². The van der Waals surface area contributed by atoms with Crippen LogP contribution in [0.5, 0.6) is 17.2 Å². The third-order valence-electron chi connectivity index (χ3n) is 4.87. The summed E-state index contributed by atoms with van der Waals surface area (Å²) in [5.41, 5.74) is 3.96. The van der Waals surface area contributed by atoms with Crippen LogP contribution in [-0.2, 0) is 16.2 Å². The van der Waals surface area contributed by atoms with Gasteiger partial charge in [0.1, 0.15) is 12.4 Å². The molecule has 0 fully saturated rings. The molecule has 0 aliphatic rings. The summed E-state index contributed by atoms with van der Waals surface area (Å²) in [6.45, 7) is 5.03. The molecule has 10 heteroatoms. The summed E-state index contributed by atoms with van der Waals surface area (Å²) in [5, 5.41) is 7.38. The van der Waals surface area contributed by atoms with Gasteiger partial charge in [-0.3, -0.25) is 9.59 Å². The second kappa shape index (κ2) is 14.1. The third kappa shape index (κ3) is 8.41. The summed E-state index contributed by atoms with van der Waals surface area (Å²) < 4.78 is 17.0. The number of rotatable bonds is 11. The zero-order valence-corrected chi connectivity index (χ0v) is 21.9. The first-order valence-corrected chi connectivity index (χ1v) is 12.4. The molecular weight excluding hydrogens is 517 g/mol. The Hall–Kier alpha value is -3.75. The van der Waals surface area contributed by atoms with Gasteiger partial charge in [0.25, 0.3) is 0 Å². The maximum Gasteiger partial charge on any atom is 0.329 e. The van der Waals surface area contributed by atoms with Crippen molar-refractivity contribution in [2.45, 2.75) is 26.9 Å². The number of hydrogen-bond donors (Lipinski definition) is 2. The molecule has 0 heterocycles. The second-order valence-electron chi connectivity index (χ2n) is 7.65. The highest BCUT2D eigenvalue weighted by molar-refractivity contribution is 6.39. The minimum absolute atomic E-state index is 0.158. The van der Waals surface area contributed by atoms with Crippen molar-refractivity contribution in [3.8, 4) is 17.2 Å². The Morgan fingerprint density at radius 3 is 2.30 bits per heavy atom. The quantitative estimate of drug-likeness (QED) is 0.179. The number of anilines is 1. The monoisotopic (exact) mass is 543 g/mol. The predicted molar refractivity (Wildman–Crippen MR) is 145 cm³/mol. The highest BCUT2D eigenvalue weighted by atomic mass is 35.5. The number of benzene rings is 3. The van der Waals surface area contributed by atoms with Crippen LogP contribution < -0.4 is 25.0 Å². The Balaban J connectivity index is 1.57. The number of amides is 2. The Morgan fingerprint density at radius 2 is 1.62 bits per heavy atom. The van der Waals surface area contributed by atoms with E-state index in [-0.39, 0.29) is 6.61 Å². The van der Waals surface area contributed by atoms with Gasteiger partial charge in [0.05, 0.1) is 19.4 Å². The number of halogens is 2. The minimum atomic E-state index is -0.913. The molecule has 0 spiro atoms. The van der Waals surface area contributed by atoms with Crippen molar-refractivity contribution in [1.29, 1.82) is 0 Å². The molecule has 0 aromatic heterocycles. The van der Waals surface area contributed by atoms with Crippen LogP contribution in [-0.4, -0.2) is 31.2 Å². The van der Waals surface area contributed by atoms with Gasteiger partial charge in [-0.05, 0) is 73.5 Å². The van der Waals surface area contributed by atoms with Gasteiger partial charge in [-0.25, -0.2) is 5.43 Å². The lowest BCUT2D eigenvalue weighted by atomic mass is 10.2. The zero-order valence-electron chi connectivity index (χ0n) is 20.4. The molecule has 3 rings (SSSR count). The normalized spacial score (nSPS) is 10.7. The molecule has 3 aromatic carbocycles. The average molecular weight is 544 g/mol. The van der Waals surface area contributed by atoms with Gasteiger partial charge in [0, 0.05) is 21.3 Å². The lowest BCUT2D eigenvalue weighted by Gasteiger charge is -2.14. The number of hydrazone groups is 1. The molecule has 2 amide bonds. The molecule has 0 radical (unpaired) electrons. The maximum atomic E-state index is 12.1.